The summed E-state index contributed by atoms with van der Waals surface area (Å²) in [7, 11) is 0. The molecule has 0 spiro atoms. The van der Waals surface area contributed by atoms with Crippen LogP contribution in [0.3, 0.4) is 0 Å². The fourth-order valence-electron chi connectivity index (χ4n) is 2.62. The molecule has 3 rings (SSSR count). The molecule has 0 radical (unpaired) electrons. The Kier molecular flexibility index (Phi) is 3.37. The van der Waals surface area contributed by atoms with Gasteiger partial charge in [-0.05, 0) is 23.5 Å². The minimum absolute atomic E-state index is 0.0585. The van der Waals surface area contributed by atoms with E-state index in [2.05, 4.69) is 53.5 Å². The Bertz CT molecular complexity index is 659. The number of rotatable bonds is 3. The van der Waals surface area contributed by atoms with Crippen molar-refractivity contribution in [3.63, 3.8) is 0 Å². The molecule has 1 atom stereocenters. The zero-order valence-corrected chi connectivity index (χ0v) is 12.2. The monoisotopic (exact) mass is 285 g/mol. The minimum atomic E-state index is -0.604. The average molecular weight is 285 g/mol. The van der Waals surface area contributed by atoms with Gasteiger partial charge in [-0.1, -0.05) is 38.1 Å². The molecular weight excluding hydrogens is 266 g/mol. The minimum Gasteiger partial charge on any atom is -0.363 e. The maximum absolute atomic E-state index is 11.2. The second-order valence-corrected chi connectivity index (χ2v) is 5.62. The lowest BCUT2D eigenvalue weighted by Crippen LogP contribution is -2.24. The van der Waals surface area contributed by atoms with Crippen molar-refractivity contribution < 1.29 is 4.79 Å². The molecule has 0 fully saturated rings. The summed E-state index contributed by atoms with van der Waals surface area (Å²) in [6, 6.07) is 8.63. The van der Waals surface area contributed by atoms with Crippen LogP contribution in [0.2, 0.25) is 0 Å². The lowest BCUT2D eigenvalue weighted by Gasteiger charge is -2.25. The van der Waals surface area contributed by atoms with Crippen molar-refractivity contribution >= 4 is 11.9 Å². The highest BCUT2D eigenvalue weighted by Crippen LogP contribution is 2.29. The zero-order valence-electron chi connectivity index (χ0n) is 12.2. The number of hydrogen-bond acceptors (Lipinski definition) is 4. The summed E-state index contributed by atoms with van der Waals surface area (Å²) in [6.45, 7) is 5.15. The summed E-state index contributed by atoms with van der Waals surface area (Å²) < 4.78 is 1.76. The van der Waals surface area contributed by atoms with Gasteiger partial charge in [0.2, 0.25) is 11.8 Å². The second kappa shape index (κ2) is 5.20. The molecular formula is C15H19N5O. The summed E-state index contributed by atoms with van der Waals surface area (Å²) in [5.41, 5.74) is 7.74. The first-order chi connectivity index (χ1) is 10.1. The fraction of sp³-hybridized carbons (Fsp3) is 0.400. The molecule has 0 saturated carbocycles. The van der Waals surface area contributed by atoms with Gasteiger partial charge in [0.25, 0.3) is 5.91 Å². The van der Waals surface area contributed by atoms with Gasteiger partial charge >= 0.3 is 0 Å². The molecule has 1 amide bonds. The van der Waals surface area contributed by atoms with Gasteiger partial charge < -0.3 is 11.1 Å². The third kappa shape index (κ3) is 2.49. The van der Waals surface area contributed by atoms with Crippen LogP contribution in [-0.4, -0.2) is 27.2 Å². The number of hydrogen-bond donors (Lipinski definition) is 2. The highest BCUT2D eigenvalue weighted by Gasteiger charge is 2.25. The maximum Gasteiger partial charge on any atom is 0.288 e. The number of fused-ring (bicyclic) bond motifs is 1. The Morgan fingerprint density at radius 3 is 2.71 bits per heavy atom. The van der Waals surface area contributed by atoms with Crippen molar-refractivity contribution in [3.8, 4) is 0 Å². The van der Waals surface area contributed by atoms with Gasteiger partial charge in [-0.25, -0.2) is 4.68 Å². The molecule has 2 aromatic rings. The molecule has 1 aliphatic rings. The lowest BCUT2D eigenvalue weighted by molar-refractivity contribution is 0.0990. The fourth-order valence-corrected chi connectivity index (χ4v) is 2.62. The normalized spacial score (nSPS) is 17.4. The van der Waals surface area contributed by atoms with Crippen LogP contribution in [0.5, 0.6) is 0 Å². The van der Waals surface area contributed by atoms with Crippen LogP contribution in [-0.2, 0) is 0 Å². The number of carbonyl (C=O) groups is 1. The number of nitrogens with two attached hydrogens (primary N) is 1. The molecule has 1 aliphatic heterocycles. The van der Waals surface area contributed by atoms with Crippen molar-refractivity contribution in [2.24, 2.45) is 5.73 Å². The van der Waals surface area contributed by atoms with Crippen LogP contribution >= 0.6 is 0 Å². The van der Waals surface area contributed by atoms with Crippen molar-refractivity contribution in [1.29, 1.82) is 0 Å². The number of amides is 1. The number of benzene rings is 1. The van der Waals surface area contributed by atoms with Crippen LogP contribution in [0.15, 0.2) is 24.3 Å². The molecule has 110 valence electrons. The van der Waals surface area contributed by atoms with E-state index < -0.39 is 5.91 Å². The highest BCUT2D eigenvalue weighted by atomic mass is 16.1. The number of carbonyl (C=O) groups excluding carboxylic acids is 1. The Morgan fingerprint density at radius 2 is 2.10 bits per heavy atom. The van der Waals surface area contributed by atoms with E-state index in [1.54, 1.807) is 4.68 Å². The third-order valence-corrected chi connectivity index (χ3v) is 3.84. The molecule has 1 aromatic carbocycles. The van der Waals surface area contributed by atoms with Gasteiger partial charge in [0.15, 0.2) is 0 Å². The Hall–Kier alpha value is -2.37. The standard InChI is InChI=1S/C15H19N5O/c1-9(2)10-3-5-11(6-4-10)12-7-8-17-15-18-14(13(16)21)19-20(12)15/h3-6,9,12H,7-8H2,1-2H3,(H2,16,21)(H,17,18,19). The summed E-state index contributed by atoms with van der Waals surface area (Å²) >= 11 is 0. The first-order valence-corrected chi connectivity index (χ1v) is 7.16. The molecule has 1 unspecified atom stereocenters. The molecule has 0 bridgehead atoms. The van der Waals surface area contributed by atoms with Crippen LogP contribution < -0.4 is 11.1 Å². The van der Waals surface area contributed by atoms with Crippen molar-refractivity contribution in [2.45, 2.75) is 32.2 Å². The maximum atomic E-state index is 11.2. The SMILES string of the molecule is CC(C)c1ccc(C2CCNc3nc(C(N)=O)nn32)cc1. The number of aromatic nitrogens is 3. The van der Waals surface area contributed by atoms with Crippen LogP contribution in [0.4, 0.5) is 5.95 Å². The largest absolute Gasteiger partial charge is 0.363 e. The molecule has 6 nitrogen and oxygen atoms in total. The van der Waals surface area contributed by atoms with Crippen molar-refractivity contribution in [3.05, 3.63) is 41.2 Å². The van der Waals surface area contributed by atoms with Crippen molar-refractivity contribution in [1.82, 2.24) is 14.8 Å². The smallest absolute Gasteiger partial charge is 0.288 e. The van der Waals surface area contributed by atoms with E-state index in [9.17, 15) is 4.79 Å². The third-order valence-electron chi connectivity index (χ3n) is 3.84. The number of primary amides is 1. The Morgan fingerprint density at radius 1 is 1.38 bits per heavy atom. The predicted molar refractivity (Wildman–Crippen MR) is 80.3 cm³/mol. The number of anilines is 1. The zero-order chi connectivity index (χ0) is 15.0. The molecule has 1 aromatic heterocycles. The molecule has 3 N–H and O–H groups in total. The predicted octanol–water partition coefficient (Wildman–Crippen LogP) is 1.91. The lowest BCUT2D eigenvalue weighted by atomic mass is 9.97. The Labute approximate surface area is 123 Å². The first kappa shape index (κ1) is 13.6. The van der Waals surface area contributed by atoms with E-state index in [-0.39, 0.29) is 11.9 Å². The van der Waals surface area contributed by atoms with E-state index in [0.717, 1.165) is 13.0 Å². The highest BCUT2D eigenvalue weighted by molar-refractivity contribution is 5.89. The van der Waals surface area contributed by atoms with Gasteiger partial charge in [-0.15, -0.1) is 5.10 Å². The van der Waals surface area contributed by atoms with Gasteiger partial charge in [-0.2, -0.15) is 4.98 Å². The topological polar surface area (TPSA) is 85.8 Å². The van der Waals surface area contributed by atoms with E-state index in [4.69, 9.17) is 5.73 Å². The Balaban J connectivity index is 1.95. The molecule has 0 aliphatic carbocycles. The average Bonchev–Trinajstić information content (AvgIpc) is 2.91. The van der Waals surface area contributed by atoms with Gasteiger partial charge in [0, 0.05) is 6.54 Å². The van der Waals surface area contributed by atoms with Gasteiger partial charge in [-0.3, -0.25) is 4.79 Å². The van der Waals surface area contributed by atoms with Gasteiger partial charge in [0.05, 0.1) is 6.04 Å². The first-order valence-electron chi connectivity index (χ1n) is 7.16. The van der Waals surface area contributed by atoms with Crippen LogP contribution in [0, 0.1) is 0 Å². The summed E-state index contributed by atoms with van der Waals surface area (Å²) in [5, 5.41) is 7.38. The quantitative estimate of drug-likeness (QED) is 0.902. The number of nitrogens with one attached hydrogen (secondary N) is 1. The molecule has 6 heteroatoms. The van der Waals surface area contributed by atoms with Gasteiger partial charge in [0.1, 0.15) is 0 Å². The number of nitrogens with zero attached hydrogens (tertiary/aromatic N) is 3. The molecule has 21 heavy (non-hydrogen) atoms. The van der Waals surface area contributed by atoms with E-state index in [1.165, 1.54) is 11.1 Å². The van der Waals surface area contributed by atoms with E-state index >= 15 is 0 Å². The van der Waals surface area contributed by atoms with E-state index in [1.807, 2.05) is 0 Å². The summed E-state index contributed by atoms with van der Waals surface area (Å²) in [5.74, 6) is 0.569. The summed E-state index contributed by atoms with van der Waals surface area (Å²) in [4.78, 5) is 15.4. The molecule has 0 saturated heterocycles. The van der Waals surface area contributed by atoms with Crippen LogP contribution in [0.25, 0.3) is 0 Å². The van der Waals surface area contributed by atoms with Crippen LogP contribution in [0.1, 0.15) is 54.0 Å². The van der Waals surface area contributed by atoms with E-state index in [0.29, 0.717) is 11.9 Å². The summed E-state index contributed by atoms with van der Waals surface area (Å²) in [6.07, 6.45) is 0.898. The van der Waals surface area contributed by atoms with Crippen molar-refractivity contribution in [2.75, 3.05) is 11.9 Å². The second-order valence-electron chi connectivity index (χ2n) is 5.62. The molecule has 2 heterocycles.